The van der Waals surface area contributed by atoms with E-state index >= 15 is 9.13 Å². The van der Waals surface area contributed by atoms with Gasteiger partial charge in [0.1, 0.15) is 11.5 Å². The molecule has 1 aliphatic rings. The van der Waals surface area contributed by atoms with Gasteiger partial charge in [0, 0.05) is 74.3 Å². The van der Waals surface area contributed by atoms with Crippen molar-refractivity contribution >= 4 is 116 Å². The van der Waals surface area contributed by atoms with Crippen LogP contribution in [0.2, 0.25) is 0 Å². The van der Waals surface area contributed by atoms with Gasteiger partial charge in [-0.25, -0.2) is 0 Å². The zero-order valence-electron chi connectivity index (χ0n) is 44.3. The molecular weight excluding hydrogens is 1050 g/mol. The van der Waals surface area contributed by atoms with Crippen LogP contribution < -0.4 is 31.3 Å². The van der Waals surface area contributed by atoms with E-state index in [0.717, 1.165) is 50.7 Å². The minimum Gasteiger partial charge on any atom is -0.456 e. The highest BCUT2D eigenvalue weighted by Crippen LogP contribution is 2.56. The van der Waals surface area contributed by atoms with Crippen LogP contribution in [0.3, 0.4) is 0 Å². The Morgan fingerprint density at radius 2 is 0.852 bits per heavy atom. The normalized spacial score (nSPS) is 14.5. The lowest BCUT2D eigenvalue weighted by atomic mass is 10.0. The van der Waals surface area contributed by atoms with Gasteiger partial charge < -0.3 is 23.0 Å². The Kier molecular flexibility index (Phi) is 11.9. The minimum atomic E-state index is -3.59. The van der Waals surface area contributed by atoms with Gasteiger partial charge in [-0.05, 0) is 114 Å². The lowest BCUT2D eigenvalue weighted by Gasteiger charge is -2.27. The zero-order chi connectivity index (χ0) is 54.2. The van der Waals surface area contributed by atoms with Crippen molar-refractivity contribution in [2.45, 2.75) is 13.3 Å². The van der Waals surface area contributed by atoms with Crippen molar-refractivity contribution in [1.82, 2.24) is 9.13 Å². The molecule has 15 rings (SSSR count). The Bertz CT molecular complexity index is 4880. The number of para-hydroxylation sites is 5. The fourth-order valence-electron chi connectivity index (χ4n) is 12.4. The molecular formula is C73H52N2O3P2S. The predicted octanol–water partition coefficient (Wildman–Crippen LogP) is 18.1. The van der Waals surface area contributed by atoms with Crippen LogP contribution >= 0.6 is 25.6 Å². The standard InChI is InChI=1S/C73H52N2O3P2S/c1-49-19-18-24-57(45-49)80(77,71-34-17-15-32-69(71)78-68-31-14-16-33-70(68)79(76,54-20-4-2-5-21-54)55-22-6-3-7-23-55)56-40-35-50(36-41-56)51-37-42-67-61(46-51)60-27-10-13-30-66(60)75(67)53-39-44-73-63(48-53)62-47-52(38-43-72(62)81-73)74-64-28-11-8-25-58(64)59-26-9-12-29-65(59)74/h2-18,20-49H,19H2,1H3. The smallest absolute Gasteiger partial charge is 0.174 e. The fraction of sp³-hybridized carbons (Fsp3) is 0.0411. The molecule has 0 fully saturated rings. The third-order valence-electron chi connectivity index (χ3n) is 16.3. The predicted molar refractivity (Wildman–Crippen MR) is 344 cm³/mol. The van der Waals surface area contributed by atoms with E-state index < -0.39 is 14.3 Å². The summed E-state index contributed by atoms with van der Waals surface area (Å²) in [7, 11) is -7.02. The van der Waals surface area contributed by atoms with Crippen molar-refractivity contribution in [2.24, 2.45) is 5.92 Å². The highest BCUT2D eigenvalue weighted by molar-refractivity contribution is 7.85. The molecule has 81 heavy (non-hydrogen) atoms. The van der Waals surface area contributed by atoms with Crippen molar-refractivity contribution in [3.05, 3.63) is 284 Å². The van der Waals surface area contributed by atoms with Gasteiger partial charge in [0.2, 0.25) is 0 Å². The summed E-state index contributed by atoms with van der Waals surface area (Å²) in [5, 5.41) is 11.4. The third kappa shape index (κ3) is 8.04. The number of allylic oxidation sites excluding steroid dienone is 4. The minimum absolute atomic E-state index is 0.194. The molecule has 0 spiro atoms. The van der Waals surface area contributed by atoms with E-state index in [9.17, 15) is 0 Å². The first-order valence-electron chi connectivity index (χ1n) is 27.5. The molecule has 1 aliphatic carbocycles. The average molecular weight is 1100 g/mol. The van der Waals surface area contributed by atoms with E-state index in [-0.39, 0.29) is 5.92 Å². The molecule has 0 amide bonds. The molecule has 0 radical (unpaired) electrons. The van der Waals surface area contributed by atoms with Gasteiger partial charge in [-0.1, -0.05) is 195 Å². The summed E-state index contributed by atoms with van der Waals surface area (Å²) >= 11 is 1.84. The molecule has 388 valence electrons. The molecule has 14 aromatic rings. The molecule has 2 atom stereocenters. The van der Waals surface area contributed by atoms with Crippen LogP contribution in [0, 0.1) is 5.92 Å². The van der Waals surface area contributed by atoms with E-state index in [1.165, 1.54) is 47.4 Å². The second-order valence-electron chi connectivity index (χ2n) is 21.1. The van der Waals surface area contributed by atoms with Crippen molar-refractivity contribution in [3.8, 4) is 34.0 Å². The summed E-state index contributed by atoms with van der Waals surface area (Å²) in [5.41, 5.74) is 9.01. The highest BCUT2D eigenvalue weighted by Gasteiger charge is 2.37. The molecule has 0 saturated carbocycles. The van der Waals surface area contributed by atoms with Gasteiger partial charge in [-0.15, -0.1) is 11.3 Å². The van der Waals surface area contributed by atoms with Crippen LogP contribution in [0.1, 0.15) is 13.3 Å². The van der Waals surface area contributed by atoms with Gasteiger partial charge >= 0.3 is 0 Å². The van der Waals surface area contributed by atoms with Crippen molar-refractivity contribution in [2.75, 3.05) is 0 Å². The summed E-state index contributed by atoms with van der Waals surface area (Å²) in [6.45, 7) is 2.17. The van der Waals surface area contributed by atoms with Crippen molar-refractivity contribution < 1.29 is 13.9 Å². The molecule has 0 bridgehead atoms. The van der Waals surface area contributed by atoms with Crippen LogP contribution in [-0.4, -0.2) is 9.13 Å². The first-order chi connectivity index (χ1) is 39.8. The molecule has 11 aromatic carbocycles. The molecule has 0 saturated heterocycles. The van der Waals surface area contributed by atoms with Crippen molar-refractivity contribution in [3.63, 3.8) is 0 Å². The Hall–Kier alpha value is -9.02. The number of benzene rings is 11. The first-order valence-corrected chi connectivity index (χ1v) is 31.7. The lowest BCUT2D eigenvalue weighted by Crippen LogP contribution is -2.26. The van der Waals surface area contributed by atoms with E-state index in [2.05, 4.69) is 168 Å². The molecule has 3 heterocycles. The largest absolute Gasteiger partial charge is 0.456 e. The summed E-state index contributed by atoms with van der Waals surface area (Å²) in [4.78, 5) is 0. The second kappa shape index (κ2) is 19.7. The van der Waals surface area contributed by atoms with Gasteiger partial charge in [0.15, 0.2) is 14.3 Å². The second-order valence-corrected chi connectivity index (χ2v) is 27.6. The van der Waals surface area contributed by atoms with Crippen molar-refractivity contribution in [1.29, 1.82) is 0 Å². The molecule has 8 heteroatoms. The van der Waals surface area contributed by atoms with Gasteiger partial charge in [0.05, 0.1) is 32.7 Å². The van der Waals surface area contributed by atoms with Crippen LogP contribution in [0.25, 0.3) is 86.3 Å². The zero-order valence-corrected chi connectivity index (χ0v) is 46.9. The maximum Gasteiger partial charge on any atom is 0.174 e. The number of hydrogen-bond acceptors (Lipinski definition) is 4. The Morgan fingerprint density at radius 1 is 0.407 bits per heavy atom. The van der Waals surface area contributed by atoms with Crippen LogP contribution in [-0.2, 0) is 9.13 Å². The summed E-state index contributed by atoms with van der Waals surface area (Å²) in [5.74, 6) is 1.10. The van der Waals surface area contributed by atoms with Crippen LogP contribution in [0.5, 0.6) is 11.5 Å². The molecule has 0 N–H and O–H groups in total. The fourth-order valence-corrected chi connectivity index (χ4v) is 19.2. The van der Waals surface area contributed by atoms with Gasteiger partial charge in [-0.2, -0.15) is 0 Å². The lowest BCUT2D eigenvalue weighted by molar-refractivity contribution is 0.489. The van der Waals surface area contributed by atoms with Crippen LogP contribution in [0.4, 0.5) is 0 Å². The average Bonchev–Trinajstić information content (AvgIpc) is 4.28. The molecule has 5 nitrogen and oxygen atoms in total. The van der Waals surface area contributed by atoms with E-state index in [0.29, 0.717) is 38.0 Å². The maximum absolute atomic E-state index is 16.6. The quantitative estimate of drug-likeness (QED) is 0.121. The van der Waals surface area contributed by atoms with E-state index in [1.54, 1.807) is 0 Å². The van der Waals surface area contributed by atoms with E-state index in [1.807, 2.05) is 139 Å². The molecule has 0 aliphatic heterocycles. The number of hydrogen-bond donors (Lipinski definition) is 0. The Labute approximate surface area is 473 Å². The Balaban J connectivity index is 0.806. The molecule has 3 aromatic heterocycles. The number of rotatable bonds is 11. The number of thiophene rings is 1. The summed E-state index contributed by atoms with van der Waals surface area (Å²) < 4.78 is 46.7. The topological polar surface area (TPSA) is 53.2 Å². The summed E-state index contributed by atoms with van der Waals surface area (Å²) in [6.07, 6.45) is 7.19. The molecule has 2 unspecified atom stereocenters. The number of nitrogens with zero attached hydrogens (tertiary/aromatic N) is 2. The Morgan fingerprint density at radius 3 is 1.40 bits per heavy atom. The third-order valence-corrected chi connectivity index (χ3v) is 23.6. The number of aromatic nitrogens is 2. The van der Waals surface area contributed by atoms with Crippen LogP contribution in [0.15, 0.2) is 284 Å². The number of fused-ring (bicyclic) bond motifs is 9. The first kappa shape index (κ1) is 49.1. The van der Waals surface area contributed by atoms with Gasteiger partial charge in [-0.3, -0.25) is 0 Å². The highest BCUT2D eigenvalue weighted by atomic mass is 32.1. The monoisotopic (exact) mass is 1100 g/mol. The SMILES string of the molecule is CC1C=C(P(=O)(c2ccc(-c3ccc4c(c3)c3ccccc3n4-c3ccc4sc5ccc(-n6c7ccccc7c7ccccc76)cc5c4c3)cc2)c2ccccc2Oc2ccccc2P(=O)(c2ccccc2)c2ccccc2)C=CC1. The number of ether oxygens (including phenoxy) is 1. The maximum atomic E-state index is 16.6. The van der Waals surface area contributed by atoms with Gasteiger partial charge in [0.25, 0.3) is 0 Å². The summed E-state index contributed by atoms with van der Waals surface area (Å²) in [6, 6.07) is 89.4. The van der Waals surface area contributed by atoms with E-state index in [4.69, 9.17) is 4.74 Å².